The Kier molecular flexibility index (Phi) is 4.66. The minimum absolute atomic E-state index is 0.184. The Morgan fingerprint density at radius 3 is 2.62 bits per heavy atom. The van der Waals surface area contributed by atoms with Gasteiger partial charge in [-0.3, -0.25) is 10.1 Å². The molecular formula is C13H9ClFN3O2S. The molecule has 2 aromatic rings. The Balaban J connectivity index is 2.12. The van der Waals surface area contributed by atoms with Crippen LogP contribution in [0.3, 0.4) is 0 Å². The van der Waals surface area contributed by atoms with Crippen molar-refractivity contribution in [1.82, 2.24) is 0 Å². The monoisotopic (exact) mass is 325 g/mol. The SMILES string of the molecule is O=[N+]([O-])c1cc(NC(=S)Nc2ccccc2Cl)ccc1F. The molecule has 0 saturated carbocycles. The van der Waals surface area contributed by atoms with E-state index in [0.29, 0.717) is 16.4 Å². The summed E-state index contributed by atoms with van der Waals surface area (Å²) in [6.45, 7) is 0. The average molecular weight is 326 g/mol. The van der Waals surface area contributed by atoms with E-state index < -0.39 is 16.4 Å². The summed E-state index contributed by atoms with van der Waals surface area (Å²) in [5, 5.41) is 16.9. The van der Waals surface area contributed by atoms with Gasteiger partial charge in [0.2, 0.25) is 5.82 Å². The van der Waals surface area contributed by atoms with E-state index in [0.717, 1.165) is 12.1 Å². The fourth-order valence-corrected chi connectivity index (χ4v) is 1.99. The number of benzene rings is 2. The Bertz CT molecular complexity index is 712. The molecule has 2 aromatic carbocycles. The highest BCUT2D eigenvalue weighted by Gasteiger charge is 2.14. The number of nitrogens with zero attached hydrogens (tertiary/aromatic N) is 1. The summed E-state index contributed by atoms with van der Waals surface area (Å²) in [6, 6.07) is 10.4. The molecule has 0 fully saturated rings. The zero-order valence-corrected chi connectivity index (χ0v) is 12.0. The van der Waals surface area contributed by atoms with Crippen molar-refractivity contribution >= 4 is 46.0 Å². The van der Waals surface area contributed by atoms with Crippen molar-refractivity contribution in [3.8, 4) is 0 Å². The molecule has 5 nitrogen and oxygen atoms in total. The molecule has 8 heteroatoms. The summed E-state index contributed by atoms with van der Waals surface area (Å²) in [5.41, 5.74) is 0.265. The van der Waals surface area contributed by atoms with Crippen molar-refractivity contribution in [3.05, 3.63) is 63.4 Å². The van der Waals surface area contributed by atoms with Gasteiger partial charge >= 0.3 is 5.69 Å². The molecular weight excluding hydrogens is 317 g/mol. The fraction of sp³-hybridized carbons (Fsp3) is 0. The smallest absolute Gasteiger partial charge is 0.306 e. The molecule has 2 rings (SSSR count). The van der Waals surface area contributed by atoms with E-state index in [9.17, 15) is 14.5 Å². The van der Waals surface area contributed by atoms with Crippen LogP contribution in [0, 0.1) is 15.9 Å². The maximum atomic E-state index is 13.2. The van der Waals surface area contributed by atoms with Gasteiger partial charge in [-0.05, 0) is 36.5 Å². The Morgan fingerprint density at radius 2 is 1.95 bits per heavy atom. The molecule has 0 aliphatic heterocycles. The average Bonchev–Trinajstić information content (AvgIpc) is 2.43. The second kappa shape index (κ2) is 6.47. The molecule has 0 spiro atoms. The number of anilines is 2. The Labute approximate surface area is 129 Å². The lowest BCUT2D eigenvalue weighted by molar-refractivity contribution is -0.387. The molecule has 0 radical (unpaired) electrons. The van der Waals surface area contributed by atoms with E-state index in [2.05, 4.69) is 10.6 Å². The normalized spacial score (nSPS) is 10.0. The third kappa shape index (κ3) is 3.87. The quantitative estimate of drug-likeness (QED) is 0.503. The number of nitrogens with one attached hydrogen (secondary N) is 2. The summed E-state index contributed by atoms with van der Waals surface area (Å²) in [7, 11) is 0. The highest BCUT2D eigenvalue weighted by molar-refractivity contribution is 7.80. The molecule has 0 saturated heterocycles. The molecule has 108 valence electrons. The highest BCUT2D eigenvalue weighted by Crippen LogP contribution is 2.23. The number of hydrogen-bond donors (Lipinski definition) is 2. The van der Waals surface area contributed by atoms with Crippen LogP contribution in [-0.4, -0.2) is 10.0 Å². The minimum Gasteiger partial charge on any atom is -0.332 e. The second-order valence-electron chi connectivity index (χ2n) is 3.98. The fourth-order valence-electron chi connectivity index (χ4n) is 1.58. The van der Waals surface area contributed by atoms with Crippen molar-refractivity contribution < 1.29 is 9.31 Å². The van der Waals surface area contributed by atoms with E-state index >= 15 is 0 Å². The number of halogens is 2. The molecule has 0 aromatic heterocycles. The van der Waals surface area contributed by atoms with Crippen LogP contribution in [0.25, 0.3) is 0 Å². The van der Waals surface area contributed by atoms with Crippen LogP contribution < -0.4 is 10.6 Å². The van der Waals surface area contributed by atoms with Crippen molar-refractivity contribution in [2.75, 3.05) is 10.6 Å². The molecule has 0 aliphatic carbocycles. The third-order valence-electron chi connectivity index (χ3n) is 2.52. The van der Waals surface area contributed by atoms with Crippen LogP contribution in [0.1, 0.15) is 0 Å². The highest BCUT2D eigenvalue weighted by atomic mass is 35.5. The molecule has 21 heavy (non-hydrogen) atoms. The lowest BCUT2D eigenvalue weighted by Crippen LogP contribution is -2.19. The Hall–Kier alpha value is -2.25. The van der Waals surface area contributed by atoms with Crippen LogP contribution in [-0.2, 0) is 0 Å². The number of para-hydroxylation sites is 1. The number of rotatable bonds is 3. The summed E-state index contributed by atoms with van der Waals surface area (Å²) in [6.07, 6.45) is 0. The summed E-state index contributed by atoms with van der Waals surface area (Å²) < 4.78 is 13.2. The van der Waals surface area contributed by atoms with Crippen LogP contribution in [0.15, 0.2) is 42.5 Å². The van der Waals surface area contributed by atoms with Gasteiger partial charge in [-0.25, -0.2) is 0 Å². The summed E-state index contributed by atoms with van der Waals surface area (Å²) in [4.78, 5) is 9.87. The van der Waals surface area contributed by atoms with Gasteiger partial charge in [0, 0.05) is 11.8 Å². The third-order valence-corrected chi connectivity index (χ3v) is 3.06. The van der Waals surface area contributed by atoms with E-state index in [4.69, 9.17) is 23.8 Å². The molecule has 0 aliphatic rings. The molecule has 0 unspecified atom stereocenters. The zero-order valence-electron chi connectivity index (χ0n) is 10.5. The second-order valence-corrected chi connectivity index (χ2v) is 4.80. The number of nitro benzene ring substituents is 1. The number of hydrogen-bond acceptors (Lipinski definition) is 3. The predicted octanol–water partition coefficient (Wildman–Crippen LogP) is 4.20. The van der Waals surface area contributed by atoms with E-state index in [-0.39, 0.29) is 5.11 Å². The van der Waals surface area contributed by atoms with Gasteiger partial charge in [0.25, 0.3) is 0 Å². The molecule has 0 heterocycles. The first-order valence-electron chi connectivity index (χ1n) is 5.74. The number of thiocarbonyl (C=S) groups is 1. The maximum Gasteiger partial charge on any atom is 0.306 e. The topological polar surface area (TPSA) is 67.2 Å². The summed E-state index contributed by atoms with van der Waals surface area (Å²) >= 11 is 11.0. The van der Waals surface area contributed by atoms with Gasteiger partial charge in [0.05, 0.1) is 15.6 Å². The maximum absolute atomic E-state index is 13.2. The lowest BCUT2D eigenvalue weighted by atomic mass is 10.2. The van der Waals surface area contributed by atoms with Crippen molar-refractivity contribution in [1.29, 1.82) is 0 Å². The minimum atomic E-state index is -0.907. The van der Waals surface area contributed by atoms with E-state index in [1.807, 2.05) is 0 Å². The van der Waals surface area contributed by atoms with Crippen molar-refractivity contribution in [2.24, 2.45) is 0 Å². The zero-order chi connectivity index (χ0) is 15.4. The molecule has 2 N–H and O–H groups in total. The first-order valence-corrected chi connectivity index (χ1v) is 6.52. The summed E-state index contributed by atoms with van der Waals surface area (Å²) in [5.74, 6) is -0.907. The van der Waals surface area contributed by atoms with Gasteiger partial charge in [0.15, 0.2) is 5.11 Å². The van der Waals surface area contributed by atoms with Crippen LogP contribution >= 0.6 is 23.8 Å². The predicted molar refractivity (Wildman–Crippen MR) is 84.3 cm³/mol. The van der Waals surface area contributed by atoms with Gasteiger partial charge < -0.3 is 10.6 Å². The van der Waals surface area contributed by atoms with Crippen molar-refractivity contribution in [3.63, 3.8) is 0 Å². The van der Waals surface area contributed by atoms with E-state index in [1.54, 1.807) is 24.3 Å². The van der Waals surface area contributed by atoms with Gasteiger partial charge in [-0.15, -0.1) is 0 Å². The number of nitro groups is 1. The van der Waals surface area contributed by atoms with E-state index in [1.165, 1.54) is 6.07 Å². The van der Waals surface area contributed by atoms with Crippen LogP contribution in [0.2, 0.25) is 5.02 Å². The van der Waals surface area contributed by atoms with Gasteiger partial charge in [0.1, 0.15) is 0 Å². The first-order chi connectivity index (χ1) is 9.97. The Morgan fingerprint density at radius 1 is 1.24 bits per heavy atom. The largest absolute Gasteiger partial charge is 0.332 e. The van der Waals surface area contributed by atoms with Gasteiger partial charge in [-0.2, -0.15) is 4.39 Å². The standard InChI is InChI=1S/C13H9ClFN3O2S/c14-9-3-1-2-4-11(9)17-13(21)16-8-5-6-10(15)12(7-8)18(19)20/h1-7H,(H2,16,17,21). The van der Waals surface area contributed by atoms with Crippen molar-refractivity contribution in [2.45, 2.75) is 0 Å². The molecule has 0 atom stereocenters. The molecule has 0 bridgehead atoms. The first kappa shape index (κ1) is 15.1. The molecule has 0 amide bonds. The van der Waals surface area contributed by atoms with Crippen LogP contribution in [0.5, 0.6) is 0 Å². The van der Waals surface area contributed by atoms with Crippen LogP contribution in [0.4, 0.5) is 21.5 Å². The lowest BCUT2D eigenvalue weighted by Gasteiger charge is -2.11. The van der Waals surface area contributed by atoms with Gasteiger partial charge in [-0.1, -0.05) is 23.7 Å².